The molecule has 0 saturated heterocycles. The first-order valence-electron chi connectivity index (χ1n) is 2.32. The Balaban J connectivity index is 2.77. The standard InChI is InChI=1S/C4H5N3O2/c1-7-2-5-3(8)4(9)6-7/h2H,1H3,(H,6,9)/q+1. The molecular formula is C4H5N3O2+. The topological polar surface area (TPSA) is 64.4 Å². The second-order valence-electron chi connectivity index (χ2n) is 1.60. The largest absolute Gasteiger partial charge is 0.361 e. The van der Waals surface area contributed by atoms with Crippen molar-refractivity contribution in [3.8, 4) is 0 Å². The lowest BCUT2D eigenvalue weighted by Crippen LogP contribution is -2.49. The zero-order valence-electron chi connectivity index (χ0n) is 4.79. The van der Waals surface area contributed by atoms with E-state index in [0.717, 1.165) is 0 Å². The number of amides is 2. The minimum atomic E-state index is -0.756. The number of nitrogens with one attached hydrogen (secondary N) is 1. The Bertz CT molecular complexity index is 186. The smallest absolute Gasteiger partial charge is 0.261 e. The van der Waals surface area contributed by atoms with E-state index in [1.165, 1.54) is 11.3 Å². The Morgan fingerprint density at radius 1 is 1.67 bits per heavy atom. The van der Waals surface area contributed by atoms with E-state index in [4.69, 9.17) is 0 Å². The van der Waals surface area contributed by atoms with Crippen LogP contribution in [0.25, 0.3) is 0 Å². The first-order chi connectivity index (χ1) is 4.20. The lowest BCUT2D eigenvalue weighted by atomic mass is 10.6. The van der Waals surface area contributed by atoms with Crippen LogP contribution in [-0.4, -0.2) is 25.2 Å². The van der Waals surface area contributed by atoms with Crippen molar-refractivity contribution in [3.05, 3.63) is 0 Å². The highest BCUT2D eigenvalue weighted by Crippen LogP contribution is 1.80. The molecular weight excluding hydrogens is 122 g/mol. The summed E-state index contributed by atoms with van der Waals surface area (Å²) in [4.78, 5) is 23.9. The molecule has 0 atom stereocenters. The molecule has 1 aliphatic heterocycles. The predicted molar refractivity (Wildman–Crippen MR) is 29.7 cm³/mol. The first kappa shape index (κ1) is 5.90. The second-order valence-corrected chi connectivity index (χ2v) is 1.60. The lowest BCUT2D eigenvalue weighted by Gasteiger charge is -2.01. The molecule has 0 aliphatic carbocycles. The maximum absolute atomic E-state index is 10.4. The molecule has 1 radical (unpaired) electrons. The van der Waals surface area contributed by atoms with Gasteiger partial charge in [0.05, 0.1) is 0 Å². The van der Waals surface area contributed by atoms with Crippen LogP contribution in [0.5, 0.6) is 0 Å². The molecule has 2 amide bonds. The van der Waals surface area contributed by atoms with Gasteiger partial charge < -0.3 is 0 Å². The van der Waals surface area contributed by atoms with Gasteiger partial charge in [-0.2, -0.15) is 4.99 Å². The van der Waals surface area contributed by atoms with E-state index in [2.05, 4.69) is 10.4 Å². The summed E-state index contributed by atoms with van der Waals surface area (Å²) in [6, 6.07) is 0. The summed E-state index contributed by atoms with van der Waals surface area (Å²) < 4.78 is 0. The molecule has 1 aliphatic rings. The van der Waals surface area contributed by atoms with Crippen molar-refractivity contribution in [3.63, 3.8) is 0 Å². The summed E-state index contributed by atoms with van der Waals surface area (Å²) in [5.74, 6) is -1.45. The number of hydrogen-bond donors (Lipinski definition) is 1. The van der Waals surface area contributed by atoms with Gasteiger partial charge in [-0.15, -0.1) is 5.43 Å². The maximum atomic E-state index is 10.4. The third kappa shape index (κ3) is 1.11. The van der Waals surface area contributed by atoms with Crippen LogP contribution in [0.2, 0.25) is 0 Å². The van der Waals surface area contributed by atoms with Crippen LogP contribution < -0.4 is 10.4 Å². The van der Waals surface area contributed by atoms with Crippen LogP contribution in [0.4, 0.5) is 0 Å². The minimum Gasteiger partial charge on any atom is -0.261 e. The van der Waals surface area contributed by atoms with Gasteiger partial charge in [-0.05, 0) is 5.01 Å². The summed E-state index contributed by atoms with van der Waals surface area (Å²) in [6.45, 7) is 0. The van der Waals surface area contributed by atoms with E-state index >= 15 is 0 Å². The average molecular weight is 127 g/mol. The third-order valence-corrected chi connectivity index (χ3v) is 0.820. The molecule has 5 heteroatoms. The number of hydrazine groups is 1. The SMILES string of the molecule is C[N+]1C=NC(=O)C(=O)N1. The lowest BCUT2D eigenvalue weighted by molar-refractivity contribution is -0.138. The van der Waals surface area contributed by atoms with Gasteiger partial charge in [-0.1, -0.05) is 0 Å². The van der Waals surface area contributed by atoms with E-state index in [9.17, 15) is 9.59 Å². The molecule has 0 unspecified atom stereocenters. The predicted octanol–water partition coefficient (Wildman–Crippen LogP) is -1.64. The van der Waals surface area contributed by atoms with Gasteiger partial charge in [0.1, 0.15) is 7.05 Å². The highest BCUT2D eigenvalue weighted by atomic mass is 16.2. The van der Waals surface area contributed by atoms with Crippen molar-refractivity contribution < 1.29 is 9.59 Å². The average Bonchev–Trinajstić information content (AvgIpc) is 1.80. The Kier molecular flexibility index (Phi) is 1.27. The van der Waals surface area contributed by atoms with Crippen molar-refractivity contribution in [2.24, 2.45) is 4.99 Å². The normalized spacial score (nSPS) is 20.1. The second kappa shape index (κ2) is 1.94. The molecule has 1 heterocycles. The molecule has 5 nitrogen and oxygen atoms in total. The van der Waals surface area contributed by atoms with E-state index in [0.29, 0.717) is 0 Å². The van der Waals surface area contributed by atoms with Gasteiger partial charge in [0.25, 0.3) is 6.34 Å². The van der Waals surface area contributed by atoms with Crippen molar-refractivity contribution in [1.82, 2.24) is 10.4 Å². The number of nitrogens with zero attached hydrogens (tertiary/aromatic N) is 2. The van der Waals surface area contributed by atoms with Gasteiger partial charge in [-0.3, -0.25) is 9.59 Å². The Hall–Kier alpha value is -1.23. The molecule has 0 aromatic rings. The molecule has 47 valence electrons. The third-order valence-electron chi connectivity index (χ3n) is 0.820. The molecule has 1 rings (SSSR count). The van der Waals surface area contributed by atoms with Crippen LogP contribution in [0.3, 0.4) is 0 Å². The van der Waals surface area contributed by atoms with Crippen LogP contribution >= 0.6 is 0 Å². The Morgan fingerprint density at radius 3 is 2.78 bits per heavy atom. The molecule has 0 spiro atoms. The molecule has 0 fully saturated rings. The van der Waals surface area contributed by atoms with E-state index < -0.39 is 11.8 Å². The Morgan fingerprint density at radius 2 is 2.33 bits per heavy atom. The molecule has 0 aromatic heterocycles. The van der Waals surface area contributed by atoms with Crippen molar-refractivity contribution in [2.45, 2.75) is 0 Å². The minimum absolute atomic E-state index is 0.694. The van der Waals surface area contributed by atoms with Gasteiger partial charge >= 0.3 is 11.8 Å². The summed E-state index contributed by atoms with van der Waals surface area (Å²) in [7, 11) is 1.58. The Labute approximate surface area is 51.3 Å². The quantitative estimate of drug-likeness (QED) is 0.313. The fourth-order valence-corrected chi connectivity index (χ4v) is 0.435. The molecule has 9 heavy (non-hydrogen) atoms. The van der Waals surface area contributed by atoms with Crippen molar-refractivity contribution >= 4 is 18.2 Å². The number of aliphatic imine (C=N–C) groups is 1. The first-order valence-corrected chi connectivity index (χ1v) is 2.32. The zero-order valence-corrected chi connectivity index (χ0v) is 4.79. The highest BCUT2D eigenvalue weighted by Gasteiger charge is 2.24. The van der Waals surface area contributed by atoms with Gasteiger partial charge in [0.2, 0.25) is 0 Å². The maximum Gasteiger partial charge on any atom is 0.361 e. The van der Waals surface area contributed by atoms with E-state index in [-0.39, 0.29) is 0 Å². The summed E-state index contributed by atoms with van der Waals surface area (Å²) in [5.41, 5.74) is 2.22. The monoisotopic (exact) mass is 127 g/mol. The van der Waals surface area contributed by atoms with Crippen LogP contribution in [-0.2, 0) is 9.59 Å². The van der Waals surface area contributed by atoms with E-state index in [1.807, 2.05) is 0 Å². The summed E-state index contributed by atoms with van der Waals surface area (Å²) in [5, 5.41) is 1.31. The molecule has 1 N–H and O–H groups in total. The number of carbonyl (C=O) groups is 2. The number of rotatable bonds is 0. The van der Waals surface area contributed by atoms with Gasteiger partial charge in [-0.25, -0.2) is 0 Å². The van der Waals surface area contributed by atoms with Crippen LogP contribution in [0.15, 0.2) is 4.99 Å². The molecule has 0 aromatic carbocycles. The summed E-state index contributed by atoms with van der Waals surface area (Å²) in [6.07, 6.45) is 1.24. The van der Waals surface area contributed by atoms with Crippen LogP contribution in [0.1, 0.15) is 0 Å². The molecule has 0 saturated carbocycles. The molecule has 0 bridgehead atoms. The highest BCUT2D eigenvalue weighted by molar-refractivity contribution is 6.37. The van der Waals surface area contributed by atoms with Crippen LogP contribution in [0, 0.1) is 0 Å². The number of carbonyl (C=O) groups excluding carboxylic acids is 2. The fourth-order valence-electron chi connectivity index (χ4n) is 0.435. The zero-order chi connectivity index (χ0) is 6.85. The van der Waals surface area contributed by atoms with Gasteiger partial charge in [0.15, 0.2) is 0 Å². The summed E-state index contributed by atoms with van der Waals surface area (Å²) >= 11 is 0. The van der Waals surface area contributed by atoms with Crippen molar-refractivity contribution in [1.29, 1.82) is 0 Å². The van der Waals surface area contributed by atoms with Crippen molar-refractivity contribution in [2.75, 3.05) is 7.05 Å². The van der Waals surface area contributed by atoms with E-state index in [1.54, 1.807) is 7.05 Å². The van der Waals surface area contributed by atoms with Gasteiger partial charge in [0, 0.05) is 0 Å². The number of hydrogen-bond acceptors (Lipinski definition) is 3. The fraction of sp³-hybridized carbons (Fsp3) is 0.250.